The number of carbonyl (C=O) groups is 1. The number of H-pyrrole nitrogens is 1. The van der Waals surface area contributed by atoms with Gasteiger partial charge in [-0.25, -0.2) is 8.42 Å². The van der Waals surface area contributed by atoms with Crippen LogP contribution in [0.15, 0.2) is 65.6 Å². The topological polar surface area (TPSA) is 95.2 Å². The van der Waals surface area contributed by atoms with Crippen molar-refractivity contribution in [2.24, 2.45) is 0 Å². The lowest BCUT2D eigenvalue weighted by Gasteiger charge is -2.18. The minimum absolute atomic E-state index is 0.142. The number of nitrogens with one attached hydrogen (secondary N) is 2. The van der Waals surface area contributed by atoms with Crippen molar-refractivity contribution in [1.29, 1.82) is 0 Å². The summed E-state index contributed by atoms with van der Waals surface area (Å²) in [6.07, 6.45) is 0. The molecule has 8 heteroatoms. The smallest absolute Gasteiger partial charge is 0.273 e. The van der Waals surface area contributed by atoms with Crippen LogP contribution in [-0.4, -0.2) is 41.9 Å². The first-order valence-corrected chi connectivity index (χ1v) is 10.4. The quantitative estimate of drug-likeness (QED) is 0.638. The molecule has 0 saturated heterocycles. The molecule has 2 aromatic carbocycles. The van der Waals surface area contributed by atoms with Gasteiger partial charge in [-0.3, -0.25) is 9.89 Å². The third-order valence-electron chi connectivity index (χ3n) is 4.33. The van der Waals surface area contributed by atoms with Crippen molar-refractivity contribution < 1.29 is 13.2 Å². The SMILES string of the molecule is CCN(CC)S(=O)(=O)c1cccc(NC(=O)c2cc(-c3ccccc3)n[nH]2)c1. The lowest BCUT2D eigenvalue weighted by molar-refractivity contribution is 0.102. The largest absolute Gasteiger partial charge is 0.321 e. The van der Waals surface area contributed by atoms with Crippen LogP contribution in [0.3, 0.4) is 0 Å². The number of carbonyl (C=O) groups excluding carboxylic acids is 1. The van der Waals surface area contributed by atoms with Crippen molar-refractivity contribution >= 4 is 21.6 Å². The Morgan fingerprint density at radius 1 is 1.04 bits per heavy atom. The molecule has 0 saturated carbocycles. The highest BCUT2D eigenvalue weighted by molar-refractivity contribution is 7.89. The molecule has 3 rings (SSSR count). The molecule has 0 fully saturated rings. The molecule has 0 unspecified atom stereocenters. The molecule has 0 aliphatic rings. The summed E-state index contributed by atoms with van der Waals surface area (Å²) in [5, 5.41) is 9.60. The Kier molecular flexibility index (Phi) is 5.91. The highest BCUT2D eigenvalue weighted by Crippen LogP contribution is 2.21. The molecule has 1 amide bonds. The summed E-state index contributed by atoms with van der Waals surface area (Å²) in [4.78, 5) is 12.7. The molecule has 3 aromatic rings. The van der Waals surface area contributed by atoms with E-state index < -0.39 is 15.9 Å². The van der Waals surface area contributed by atoms with E-state index in [1.807, 2.05) is 30.3 Å². The first-order valence-electron chi connectivity index (χ1n) is 8.98. The van der Waals surface area contributed by atoms with Crippen molar-refractivity contribution in [3.8, 4) is 11.3 Å². The van der Waals surface area contributed by atoms with E-state index in [-0.39, 0.29) is 10.6 Å². The van der Waals surface area contributed by atoms with E-state index in [9.17, 15) is 13.2 Å². The van der Waals surface area contributed by atoms with Gasteiger partial charge in [0.2, 0.25) is 10.0 Å². The van der Waals surface area contributed by atoms with Gasteiger partial charge in [-0.15, -0.1) is 0 Å². The average Bonchev–Trinajstić information content (AvgIpc) is 3.20. The summed E-state index contributed by atoms with van der Waals surface area (Å²) in [5.41, 5.74) is 2.23. The highest BCUT2D eigenvalue weighted by Gasteiger charge is 2.22. The monoisotopic (exact) mass is 398 g/mol. The molecule has 2 N–H and O–H groups in total. The predicted octanol–water partition coefficient (Wildman–Crippen LogP) is 3.36. The first kappa shape index (κ1) is 19.8. The van der Waals surface area contributed by atoms with Crippen molar-refractivity contribution in [2.75, 3.05) is 18.4 Å². The molecule has 0 bridgehead atoms. The number of nitrogens with zero attached hydrogens (tertiary/aromatic N) is 2. The minimum atomic E-state index is -3.59. The standard InChI is InChI=1S/C20H22N4O3S/c1-3-24(4-2)28(26,27)17-12-8-11-16(13-17)21-20(25)19-14-18(22-23-19)15-9-6-5-7-10-15/h5-14H,3-4H2,1-2H3,(H,21,25)(H,22,23). The maximum Gasteiger partial charge on any atom is 0.273 e. The van der Waals surface area contributed by atoms with E-state index in [2.05, 4.69) is 15.5 Å². The normalized spacial score (nSPS) is 11.5. The van der Waals surface area contributed by atoms with Gasteiger partial charge < -0.3 is 5.32 Å². The van der Waals surface area contributed by atoms with Gasteiger partial charge >= 0.3 is 0 Å². The fourth-order valence-electron chi connectivity index (χ4n) is 2.84. The minimum Gasteiger partial charge on any atom is -0.321 e. The second kappa shape index (κ2) is 8.37. The number of hydrogen-bond acceptors (Lipinski definition) is 4. The number of hydrogen-bond donors (Lipinski definition) is 2. The van der Waals surface area contributed by atoms with Gasteiger partial charge in [-0.2, -0.15) is 9.40 Å². The zero-order valence-corrected chi connectivity index (χ0v) is 16.5. The average molecular weight is 398 g/mol. The van der Waals surface area contributed by atoms with Crippen LogP contribution in [0.4, 0.5) is 5.69 Å². The number of anilines is 1. The second-order valence-corrected chi connectivity index (χ2v) is 8.04. The number of aromatic nitrogens is 2. The highest BCUT2D eigenvalue weighted by atomic mass is 32.2. The number of aromatic amines is 1. The van der Waals surface area contributed by atoms with E-state index in [0.717, 1.165) is 5.56 Å². The molecule has 146 valence electrons. The number of amides is 1. The van der Waals surface area contributed by atoms with Gasteiger partial charge in [0.25, 0.3) is 5.91 Å². The summed E-state index contributed by atoms with van der Waals surface area (Å²) in [6, 6.07) is 17.4. The van der Waals surface area contributed by atoms with Crippen molar-refractivity contribution in [3.05, 3.63) is 66.4 Å². The zero-order valence-electron chi connectivity index (χ0n) is 15.7. The summed E-state index contributed by atoms with van der Waals surface area (Å²) in [6.45, 7) is 4.34. The molecule has 0 aliphatic heterocycles. The summed E-state index contributed by atoms with van der Waals surface area (Å²) in [7, 11) is -3.59. The van der Waals surface area contributed by atoms with E-state index in [0.29, 0.717) is 24.5 Å². The Bertz CT molecular complexity index is 1060. The van der Waals surface area contributed by atoms with E-state index in [1.54, 1.807) is 32.0 Å². The van der Waals surface area contributed by atoms with Crippen LogP contribution in [0.25, 0.3) is 11.3 Å². The van der Waals surface area contributed by atoms with Crippen LogP contribution in [0.2, 0.25) is 0 Å². The van der Waals surface area contributed by atoms with Crippen molar-refractivity contribution in [2.45, 2.75) is 18.7 Å². The molecule has 0 radical (unpaired) electrons. The first-order chi connectivity index (χ1) is 13.5. The van der Waals surface area contributed by atoms with Gasteiger partial charge in [0.15, 0.2) is 0 Å². The van der Waals surface area contributed by atoms with Crippen LogP contribution in [0.5, 0.6) is 0 Å². The fourth-order valence-corrected chi connectivity index (χ4v) is 4.34. The Balaban J connectivity index is 1.79. The second-order valence-electron chi connectivity index (χ2n) is 6.10. The molecule has 1 heterocycles. The Labute approximate surface area is 164 Å². The van der Waals surface area contributed by atoms with Crippen LogP contribution in [0.1, 0.15) is 24.3 Å². The van der Waals surface area contributed by atoms with Crippen LogP contribution in [-0.2, 0) is 10.0 Å². The number of rotatable bonds is 7. The molecule has 1 aromatic heterocycles. The molecule has 0 atom stereocenters. The van der Waals surface area contributed by atoms with Gasteiger partial charge in [0, 0.05) is 24.3 Å². The van der Waals surface area contributed by atoms with Crippen molar-refractivity contribution in [3.63, 3.8) is 0 Å². The van der Waals surface area contributed by atoms with Gasteiger partial charge in [-0.1, -0.05) is 50.2 Å². The predicted molar refractivity (Wildman–Crippen MR) is 109 cm³/mol. The number of sulfonamides is 1. The molecule has 28 heavy (non-hydrogen) atoms. The molecule has 7 nitrogen and oxygen atoms in total. The molecular formula is C20H22N4O3S. The number of benzene rings is 2. The summed E-state index contributed by atoms with van der Waals surface area (Å²) >= 11 is 0. The maximum atomic E-state index is 12.7. The third kappa shape index (κ3) is 4.13. The molecule has 0 spiro atoms. The van der Waals surface area contributed by atoms with Crippen LogP contribution in [0, 0.1) is 0 Å². The third-order valence-corrected chi connectivity index (χ3v) is 6.37. The Hall–Kier alpha value is -2.97. The van der Waals surface area contributed by atoms with Crippen LogP contribution < -0.4 is 5.32 Å². The van der Waals surface area contributed by atoms with Gasteiger partial charge in [0.05, 0.1) is 10.6 Å². The fraction of sp³-hybridized carbons (Fsp3) is 0.200. The van der Waals surface area contributed by atoms with Gasteiger partial charge in [0.1, 0.15) is 5.69 Å². The maximum absolute atomic E-state index is 12.7. The lowest BCUT2D eigenvalue weighted by atomic mass is 10.1. The Morgan fingerprint density at radius 2 is 1.75 bits per heavy atom. The van der Waals surface area contributed by atoms with Gasteiger partial charge in [-0.05, 0) is 24.3 Å². The zero-order chi connectivity index (χ0) is 20.1. The summed E-state index contributed by atoms with van der Waals surface area (Å²) < 4.78 is 26.7. The van der Waals surface area contributed by atoms with E-state index in [1.165, 1.54) is 16.4 Å². The lowest BCUT2D eigenvalue weighted by Crippen LogP contribution is -2.30. The van der Waals surface area contributed by atoms with E-state index >= 15 is 0 Å². The molecule has 0 aliphatic carbocycles. The molecular weight excluding hydrogens is 376 g/mol. The van der Waals surface area contributed by atoms with E-state index in [4.69, 9.17) is 0 Å². The van der Waals surface area contributed by atoms with Crippen LogP contribution >= 0.6 is 0 Å². The Morgan fingerprint density at radius 3 is 2.43 bits per heavy atom. The summed E-state index contributed by atoms with van der Waals surface area (Å²) in [5.74, 6) is -0.396. The van der Waals surface area contributed by atoms with Crippen molar-refractivity contribution in [1.82, 2.24) is 14.5 Å².